The van der Waals surface area contributed by atoms with Crippen LogP contribution in [0.5, 0.6) is 0 Å². The smallest absolute Gasteiger partial charge is 0.325 e. The number of benzene rings is 1. The van der Waals surface area contributed by atoms with Crippen LogP contribution in [0.3, 0.4) is 0 Å². The third-order valence-electron chi connectivity index (χ3n) is 4.98. The molecule has 2 heterocycles. The van der Waals surface area contributed by atoms with Crippen molar-refractivity contribution in [2.24, 2.45) is 7.05 Å². The maximum atomic E-state index is 12.9. The first-order chi connectivity index (χ1) is 13.4. The molecule has 158 valence electrons. The standard InChI is InChI=1S/C17H20F3N5O3S/c1-10-13(9-21-24(10)2)14-8-15(25(3)29(27,28)23-14)16(26)22-12-6-4-5-11(7-12)17(18,19)20/h4-7,9,14-15,23H,8H2,1-3H3,(H,22,26)/t14-,15-/m0/s1. The Morgan fingerprint density at radius 2 is 2.00 bits per heavy atom. The molecule has 8 nitrogen and oxygen atoms in total. The van der Waals surface area contributed by atoms with Crippen LogP contribution in [0.15, 0.2) is 30.5 Å². The van der Waals surface area contributed by atoms with Crippen LogP contribution in [0.2, 0.25) is 0 Å². The normalized spacial score (nSPS) is 22.4. The van der Waals surface area contributed by atoms with E-state index in [1.165, 1.54) is 25.4 Å². The highest BCUT2D eigenvalue weighted by Crippen LogP contribution is 2.32. The van der Waals surface area contributed by atoms with E-state index in [1.807, 2.05) is 0 Å². The molecule has 0 spiro atoms. The lowest BCUT2D eigenvalue weighted by atomic mass is 10.00. The van der Waals surface area contributed by atoms with Crippen LogP contribution in [0.25, 0.3) is 0 Å². The number of aromatic nitrogens is 2. The Morgan fingerprint density at radius 1 is 1.31 bits per heavy atom. The van der Waals surface area contributed by atoms with Crippen molar-refractivity contribution >= 4 is 21.8 Å². The van der Waals surface area contributed by atoms with Gasteiger partial charge in [0, 0.05) is 31.0 Å². The predicted octanol–water partition coefficient (Wildman–Crippen LogP) is 1.97. The molecule has 0 saturated carbocycles. The van der Waals surface area contributed by atoms with E-state index < -0.39 is 39.9 Å². The number of halogens is 3. The second-order valence-electron chi connectivity index (χ2n) is 6.82. The molecule has 0 aliphatic carbocycles. The van der Waals surface area contributed by atoms with Crippen molar-refractivity contribution in [3.63, 3.8) is 0 Å². The summed E-state index contributed by atoms with van der Waals surface area (Å²) in [5, 5.41) is 6.48. The van der Waals surface area contributed by atoms with Crippen molar-refractivity contribution in [2.75, 3.05) is 12.4 Å². The molecule has 12 heteroatoms. The van der Waals surface area contributed by atoms with Gasteiger partial charge in [0.25, 0.3) is 10.2 Å². The van der Waals surface area contributed by atoms with Crippen molar-refractivity contribution in [3.05, 3.63) is 47.3 Å². The van der Waals surface area contributed by atoms with Crippen molar-refractivity contribution in [1.29, 1.82) is 0 Å². The molecule has 1 aliphatic heterocycles. The molecule has 1 aromatic heterocycles. The Morgan fingerprint density at radius 3 is 2.59 bits per heavy atom. The van der Waals surface area contributed by atoms with Crippen LogP contribution in [0.4, 0.5) is 18.9 Å². The number of alkyl halides is 3. The maximum Gasteiger partial charge on any atom is 0.416 e. The fourth-order valence-electron chi connectivity index (χ4n) is 3.17. The molecular weight excluding hydrogens is 411 g/mol. The van der Waals surface area contributed by atoms with Crippen LogP contribution in [-0.2, 0) is 28.2 Å². The highest BCUT2D eigenvalue weighted by Gasteiger charge is 2.41. The number of likely N-dealkylation sites (N-methyl/N-ethyl adjacent to an activating group) is 1. The Hall–Kier alpha value is -2.44. The van der Waals surface area contributed by atoms with Crippen LogP contribution < -0.4 is 10.0 Å². The second-order valence-corrected chi connectivity index (χ2v) is 8.58. The second kappa shape index (κ2) is 7.43. The van der Waals surface area contributed by atoms with Gasteiger partial charge in [-0.1, -0.05) is 6.07 Å². The number of aryl methyl sites for hydroxylation is 1. The van der Waals surface area contributed by atoms with E-state index in [9.17, 15) is 26.4 Å². The third-order valence-corrected chi connectivity index (χ3v) is 6.57. The fourth-order valence-corrected chi connectivity index (χ4v) is 4.44. The first kappa shape index (κ1) is 21.3. The minimum absolute atomic E-state index is 0.0664. The van der Waals surface area contributed by atoms with E-state index in [0.717, 1.165) is 22.1 Å². The number of rotatable bonds is 3. The summed E-state index contributed by atoms with van der Waals surface area (Å²) >= 11 is 0. The van der Waals surface area contributed by atoms with Gasteiger partial charge in [0.15, 0.2) is 0 Å². The monoisotopic (exact) mass is 431 g/mol. The summed E-state index contributed by atoms with van der Waals surface area (Å²) in [5.41, 5.74) is 0.383. The topological polar surface area (TPSA) is 96.3 Å². The average Bonchev–Trinajstić information content (AvgIpc) is 2.95. The first-order valence-electron chi connectivity index (χ1n) is 8.62. The number of anilines is 1. The van der Waals surface area contributed by atoms with E-state index in [0.29, 0.717) is 5.56 Å². The van der Waals surface area contributed by atoms with Crippen LogP contribution in [0, 0.1) is 6.92 Å². The molecule has 2 atom stereocenters. The fraction of sp³-hybridized carbons (Fsp3) is 0.412. The van der Waals surface area contributed by atoms with Crippen LogP contribution in [-0.4, -0.2) is 41.5 Å². The highest BCUT2D eigenvalue weighted by molar-refractivity contribution is 7.87. The summed E-state index contributed by atoms with van der Waals surface area (Å²) < 4.78 is 68.6. The molecule has 1 saturated heterocycles. The molecule has 1 amide bonds. The predicted molar refractivity (Wildman–Crippen MR) is 99.0 cm³/mol. The minimum atomic E-state index is -4.56. The zero-order chi connectivity index (χ0) is 21.6. The van der Waals surface area contributed by atoms with Crippen LogP contribution >= 0.6 is 0 Å². The van der Waals surface area contributed by atoms with Gasteiger partial charge in [0.1, 0.15) is 6.04 Å². The van der Waals surface area contributed by atoms with E-state index >= 15 is 0 Å². The molecular formula is C17H20F3N5O3S. The van der Waals surface area contributed by atoms with Crippen LogP contribution in [0.1, 0.15) is 29.3 Å². The van der Waals surface area contributed by atoms with Gasteiger partial charge in [-0.2, -0.15) is 35.7 Å². The summed E-state index contributed by atoms with van der Waals surface area (Å²) in [5.74, 6) is -0.719. The Balaban J connectivity index is 1.86. The zero-order valence-electron chi connectivity index (χ0n) is 15.9. The number of carbonyl (C=O) groups excluding carboxylic acids is 1. The van der Waals surface area contributed by atoms with E-state index in [2.05, 4.69) is 15.1 Å². The van der Waals surface area contributed by atoms with Crippen molar-refractivity contribution in [3.8, 4) is 0 Å². The minimum Gasteiger partial charge on any atom is -0.325 e. The molecule has 0 unspecified atom stereocenters. The Kier molecular flexibility index (Phi) is 5.45. The van der Waals surface area contributed by atoms with E-state index in [1.54, 1.807) is 18.7 Å². The van der Waals surface area contributed by atoms with Gasteiger partial charge in [0.2, 0.25) is 5.91 Å². The van der Waals surface area contributed by atoms with E-state index in [-0.39, 0.29) is 12.1 Å². The number of amides is 1. The molecule has 2 aromatic rings. The van der Waals surface area contributed by atoms with E-state index in [4.69, 9.17) is 0 Å². The number of carbonyl (C=O) groups is 1. The summed E-state index contributed by atoms with van der Waals surface area (Å²) in [4.78, 5) is 12.7. The van der Waals surface area contributed by atoms with Gasteiger partial charge < -0.3 is 5.32 Å². The summed E-state index contributed by atoms with van der Waals surface area (Å²) in [6.07, 6.45) is -2.94. The summed E-state index contributed by atoms with van der Waals surface area (Å²) in [6, 6.07) is 2.37. The number of hydrogen-bond acceptors (Lipinski definition) is 4. The van der Waals surface area contributed by atoms with Crippen molar-refractivity contribution in [2.45, 2.75) is 31.6 Å². The van der Waals surface area contributed by atoms with Gasteiger partial charge in [-0.25, -0.2) is 0 Å². The molecule has 3 rings (SSSR count). The van der Waals surface area contributed by atoms with Crippen molar-refractivity contribution < 1.29 is 26.4 Å². The molecule has 0 radical (unpaired) electrons. The Labute approximate surface area is 165 Å². The highest BCUT2D eigenvalue weighted by atomic mass is 32.2. The zero-order valence-corrected chi connectivity index (χ0v) is 16.7. The molecule has 2 N–H and O–H groups in total. The summed E-state index contributed by atoms with van der Waals surface area (Å²) in [6.45, 7) is 1.77. The average molecular weight is 431 g/mol. The van der Waals surface area contributed by atoms with Gasteiger partial charge in [-0.15, -0.1) is 0 Å². The number of nitrogens with one attached hydrogen (secondary N) is 2. The quantitative estimate of drug-likeness (QED) is 0.777. The SMILES string of the molecule is Cc1c([C@@H]2C[C@@H](C(=O)Nc3cccc(C(F)(F)F)c3)N(C)S(=O)(=O)N2)cnn1C. The van der Waals surface area contributed by atoms with Gasteiger partial charge in [-0.05, 0) is 31.5 Å². The van der Waals surface area contributed by atoms with Gasteiger partial charge in [-0.3, -0.25) is 9.48 Å². The van der Waals surface area contributed by atoms with Gasteiger partial charge in [0.05, 0.1) is 17.8 Å². The first-order valence-corrected chi connectivity index (χ1v) is 10.1. The lowest BCUT2D eigenvalue weighted by molar-refractivity contribution is -0.137. The molecule has 1 aliphatic rings. The molecule has 29 heavy (non-hydrogen) atoms. The maximum absolute atomic E-state index is 12.9. The third kappa shape index (κ3) is 4.28. The number of hydrogen-bond donors (Lipinski definition) is 2. The number of nitrogens with zero attached hydrogens (tertiary/aromatic N) is 3. The molecule has 1 aromatic carbocycles. The van der Waals surface area contributed by atoms with Gasteiger partial charge >= 0.3 is 6.18 Å². The van der Waals surface area contributed by atoms with Crippen molar-refractivity contribution in [1.82, 2.24) is 18.8 Å². The Bertz CT molecular complexity index is 1040. The largest absolute Gasteiger partial charge is 0.416 e. The molecule has 1 fully saturated rings. The summed E-state index contributed by atoms with van der Waals surface area (Å²) in [7, 11) is -1.03. The molecule has 0 bridgehead atoms. The lowest BCUT2D eigenvalue weighted by Crippen LogP contribution is -2.56. The lowest BCUT2D eigenvalue weighted by Gasteiger charge is -2.36.